The van der Waals surface area contributed by atoms with Crippen LogP contribution in [0.25, 0.3) is 0 Å². The monoisotopic (exact) mass is 255 g/mol. The Hall–Kier alpha value is -1.80. The van der Waals surface area contributed by atoms with E-state index in [1.54, 1.807) is 0 Å². The Balaban J connectivity index is 2.19. The molecule has 0 saturated carbocycles. The molecule has 0 saturated heterocycles. The maximum absolute atomic E-state index is 10.3. The number of nitrogens with zero attached hydrogens (tertiary/aromatic N) is 1. The lowest BCUT2D eigenvalue weighted by Crippen LogP contribution is -2.21. The molecule has 2 nitrogen and oxygen atoms in total. The molecule has 2 aromatic carbocycles. The van der Waals surface area contributed by atoms with Crippen molar-refractivity contribution in [3.8, 4) is 0 Å². The fourth-order valence-electron chi connectivity index (χ4n) is 2.28. The van der Waals surface area contributed by atoms with Gasteiger partial charge in [0.25, 0.3) is 0 Å². The first-order chi connectivity index (χ1) is 9.26. The summed E-state index contributed by atoms with van der Waals surface area (Å²) in [6.07, 6.45) is -0.549. The molecule has 0 heterocycles. The Morgan fingerprint density at radius 2 is 1.37 bits per heavy atom. The van der Waals surface area contributed by atoms with Crippen LogP contribution in [0, 0.1) is 0 Å². The van der Waals surface area contributed by atoms with Crippen LogP contribution >= 0.6 is 0 Å². The van der Waals surface area contributed by atoms with Crippen molar-refractivity contribution in [1.82, 2.24) is 0 Å². The summed E-state index contributed by atoms with van der Waals surface area (Å²) in [5, 5.41) is 10.3. The predicted molar refractivity (Wildman–Crippen MR) is 80.5 cm³/mol. The van der Waals surface area contributed by atoms with Gasteiger partial charge in [-0.1, -0.05) is 42.5 Å². The number of rotatable bonds is 5. The number of aliphatic hydroxyl groups is 1. The molecule has 0 aliphatic carbocycles. The first-order valence-electron chi connectivity index (χ1n) is 6.84. The zero-order valence-corrected chi connectivity index (χ0v) is 11.6. The average Bonchev–Trinajstić information content (AvgIpc) is 2.49. The Kier molecular flexibility index (Phi) is 4.58. The highest BCUT2D eigenvalue weighted by molar-refractivity contribution is 5.48. The number of hydrogen-bond acceptors (Lipinski definition) is 2. The molecule has 0 spiro atoms. The van der Waals surface area contributed by atoms with E-state index in [0.717, 1.165) is 24.2 Å². The van der Waals surface area contributed by atoms with E-state index >= 15 is 0 Å². The smallest absolute Gasteiger partial charge is 0.104 e. The molecule has 2 heteroatoms. The van der Waals surface area contributed by atoms with Crippen LogP contribution in [0.5, 0.6) is 0 Å². The lowest BCUT2D eigenvalue weighted by molar-refractivity contribution is 0.220. The van der Waals surface area contributed by atoms with Crippen molar-refractivity contribution >= 4 is 5.69 Å². The van der Waals surface area contributed by atoms with Crippen LogP contribution in [0.2, 0.25) is 0 Å². The van der Waals surface area contributed by atoms with Crippen molar-refractivity contribution in [3.05, 3.63) is 65.7 Å². The van der Waals surface area contributed by atoms with E-state index in [4.69, 9.17) is 0 Å². The van der Waals surface area contributed by atoms with Crippen LogP contribution in [0.15, 0.2) is 54.6 Å². The van der Waals surface area contributed by atoms with E-state index in [0.29, 0.717) is 0 Å². The van der Waals surface area contributed by atoms with E-state index < -0.39 is 6.10 Å². The summed E-state index contributed by atoms with van der Waals surface area (Å²) in [6.45, 7) is 6.29. The summed E-state index contributed by atoms with van der Waals surface area (Å²) >= 11 is 0. The van der Waals surface area contributed by atoms with Gasteiger partial charge in [-0.05, 0) is 37.1 Å². The summed E-state index contributed by atoms with van der Waals surface area (Å²) in [5.41, 5.74) is 3.06. The van der Waals surface area contributed by atoms with Gasteiger partial charge in [0.1, 0.15) is 6.10 Å². The highest BCUT2D eigenvalue weighted by Gasteiger charge is 2.10. The fourth-order valence-corrected chi connectivity index (χ4v) is 2.28. The van der Waals surface area contributed by atoms with Crippen LogP contribution in [0.4, 0.5) is 5.69 Å². The molecule has 100 valence electrons. The standard InChI is InChI=1S/C17H21NO/c1-3-18(4-2)16-12-10-15(11-13-16)17(19)14-8-6-5-7-9-14/h5-13,17,19H,3-4H2,1-2H3. The van der Waals surface area contributed by atoms with Crippen molar-refractivity contribution < 1.29 is 5.11 Å². The second-order valence-corrected chi connectivity index (χ2v) is 4.58. The van der Waals surface area contributed by atoms with Gasteiger partial charge in [0.05, 0.1) is 0 Å². The van der Waals surface area contributed by atoms with Gasteiger partial charge in [-0.25, -0.2) is 0 Å². The Bertz CT molecular complexity index is 488. The van der Waals surface area contributed by atoms with E-state index in [2.05, 4.69) is 30.9 Å². The van der Waals surface area contributed by atoms with Gasteiger partial charge in [-0.3, -0.25) is 0 Å². The minimum atomic E-state index is -0.549. The molecule has 0 aliphatic heterocycles. The SMILES string of the molecule is CCN(CC)c1ccc(C(O)c2ccccc2)cc1. The normalized spacial score (nSPS) is 12.2. The molecule has 1 atom stereocenters. The summed E-state index contributed by atoms with van der Waals surface area (Å²) in [5.74, 6) is 0. The average molecular weight is 255 g/mol. The molecule has 19 heavy (non-hydrogen) atoms. The zero-order valence-electron chi connectivity index (χ0n) is 11.6. The largest absolute Gasteiger partial charge is 0.384 e. The summed E-state index contributed by atoms with van der Waals surface area (Å²) in [6, 6.07) is 17.9. The summed E-state index contributed by atoms with van der Waals surface area (Å²) in [4.78, 5) is 2.29. The van der Waals surface area contributed by atoms with E-state index in [1.165, 1.54) is 5.69 Å². The van der Waals surface area contributed by atoms with Crippen molar-refractivity contribution in [2.45, 2.75) is 20.0 Å². The van der Waals surface area contributed by atoms with Gasteiger partial charge in [0, 0.05) is 18.8 Å². The third kappa shape index (κ3) is 3.15. The van der Waals surface area contributed by atoms with Gasteiger partial charge >= 0.3 is 0 Å². The van der Waals surface area contributed by atoms with Gasteiger partial charge in [-0.2, -0.15) is 0 Å². The van der Waals surface area contributed by atoms with Crippen LogP contribution in [0.1, 0.15) is 31.1 Å². The molecule has 0 aliphatic rings. The lowest BCUT2D eigenvalue weighted by atomic mass is 10.0. The van der Waals surface area contributed by atoms with Gasteiger partial charge in [0.15, 0.2) is 0 Å². The fraction of sp³-hybridized carbons (Fsp3) is 0.294. The first kappa shape index (κ1) is 13.6. The third-order valence-corrected chi connectivity index (χ3v) is 3.45. The maximum Gasteiger partial charge on any atom is 0.104 e. The molecular weight excluding hydrogens is 234 g/mol. The van der Waals surface area contributed by atoms with Crippen molar-refractivity contribution in [1.29, 1.82) is 0 Å². The predicted octanol–water partition coefficient (Wildman–Crippen LogP) is 3.61. The quantitative estimate of drug-likeness (QED) is 0.882. The van der Waals surface area contributed by atoms with Crippen molar-refractivity contribution in [2.24, 2.45) is 0 Å². The molecule has 1 unspecified atom stereocenters. The number of anilines is 1. The van der Waals surface area contributed by atoms with Gasteiger partial charge in [0.2, 0.25) is 0 Å². The molecule has 0 aromatic heterocycles. The molecule has 0 radical (unpaired) electrons. The zero-order chi connectivity index (χ0) is 13.7. The molecule has 0 bridgehead atoms. The Morgan fingerprint density at radius 3 is 1.89 bits per heavy atom. The minimum Gasteiger partial charge on any atom is -0.384 e. The van der Waals surface area contributed by atoms with Crippen molar-refractivity contribution in [3.63, 3.8) is 0 Å². The molecular formula is C17H21NO. The molecule has 1 N–H and O–H groups in total. The summed E-state index contributed by atoms with van der Waals surface area (Å²) < 4.78 is 0. The van der Waals surface area contributed by atoms with E-state index in [1.807, 2.05) is 42.5 Å². The van der Waals surface area contributed by atoms with Crippen molar-refractivity contribution in [2.75, 3.05) is 18.0 Å². The van der Waals surface area contributed by atoms with Crippen LogP contribution < -0.4 is 4.90 Å². The van der Waals surface area contributed by atoms with Crippen LogP contribution in [0.3, 0.4) is 0 Å². The Morgan fingerprint density at radius 1 is 0.842 bits per heavy atom. The highest BCUT2D eigenvalue weighted by Crippen LogP contribution is 2.24. The number of hydrogen-bond donors (Lipinski definition) is 1. The van der Waals surface area contributed by atoms with E-state index in [-0.39, 0.29) is 0 Å². The number of aliphatic hydroxyl groups excluding tert-OH is 1. The lowest BCUT2D eigenvalue weighted by Gasteiger charge is -2.21. The summed E-state index contributed by atoms with van der Waals surface area (Å²) in [7, 11) is 0. The number of benzene rings is 2. The first-order valence-corrected chi connectivity index (χ1v) is 6.84. The van der Waals surface area contributed by atoms with Gasteiger partial charge in [-0.15, -0.1) is 0 Å². The molecule has 2 rings (SSSR count). The van der Waals surface area contributed by atoms with Crippen LogP contribution in [-0.4, -0.2) is 18.2 Å². The van der Waals surface area contributed by atoms with Crippen LogP contribution in [-0.2, 0) is 0 Å². The van der Waals surface area contributed by atoms with Gasteiger partial charge < -0.3 is 10.0 Å². The second kappa shape index (κ2) is 6.39. The highest BCUT2D eigenvalue weighted by atomic mass is 16.3. The van der Waals surface area contributed by atoms with E-state index in [9.17, 15) is 5.11 Å². The molecule has 0 amide bonds. The topological polar surface area (TPSA) is 23.5 Å². The third-order valence-electron chi connectivity index (χ3n) is 3.45. The Labute approximate surface area is 115 Å². The second-order valence-electron chi connectivity index (χ2n) is 4.58. The maximum atomic E-state index is 10.3. The minimum absolute atomic E-state index is 0.549. The molecule has 2 aromatic rings. The molecule has 0 fully saturated rings.